The molecule has 108 valence electrons. The van der Waals surface area contributed by atoms with Crippen LogP contribution < -0.4 is 0 Å². The maximum atomic E-state index is 11.1. The predicted molar refractivity (Wildman–Crippen MR) is 84.2 cm³/mol. The number of nitrogens with zero attached hydrogens (tertiary/aromatic N) is 2. The van der Waals surface area contributed by atoms with Crippen molar-refractivity contribution in [3.05, 3.63) is 59.9 Å². The van der Waals surface area contributed by atoms with Crippen molar-refractivity contribution in [2.45, 2.75) is 6.92 Å². The molecular formula is C17H13N3O2. The van der Waals surface area contributed by atoms with Crippen molar-refractivity contribution in [3.8, 4) is 11.4 Å². The minimum Gasteiger partial charge on any atom is -0.478 e. The largest absolute Gasteiger partial charge is 0.478 e. The third kappa shape index (κ3) is 1.79. The monoisotopic (exact) mass is 291 g/mol. The average Bonchev–Trinajstić information content (AvgIpc) is 3.08. The zero-order valence-corrected chi connectivity index (χ0v) is 11.9. The molecule has 5 nitrogen and oxygen atoms in total. The molecule has 0 saturated heterocycles. The van der Waals surface area contributed by atoms with E-state index in [4.69, 9.17) is 5.11 Å². The minimum absolute atomic E-state index is 0.237. The van der Waals surface area contributed by atoms with Gasteiger partial charge in [-0.25, -0.2) is 9.78 Å². The number of nitrogens with one attached hydrogen (secondary N) is 1. The number of aryl methyl sites for hydroxylation is 1. The van der Waals surface area contributed by atoms with Crippen LogP contribution in [-0.4, -0.2) is 25.4 Å². The fourth-order valence-corrected chi connectivity index (χ4v) is 2.76. The molecule has 0 spiro atoms. The van der Waals surface area contributed by atoms with Crippen LogP contribution in [0, 0.1) is 6.92 Å². The molecule has 0 unspecified atom stereocenters. The molecule has 0 amide bonds. The predicted octanol–water partition coefficient (Wildman–Crippen LogP) is 3.49. The molecule has 0 bridgehead atoms. The first-order valence-corrected chi connectivity index (χ1v) is 6.93. The Morgan fingerprint density at radius 1 is 1.23 bits per heavy atom. The van der Waals surface area contributed by atoms with E-state index in [1.54, 1.807) is 18.3 Å². The first kappa shape index (κ1) is 12.6. The molecule has 0 aliphatic heterocycles. The topological polar surface area (TPSA) is 70.4 Å². The zero-order valence-electron chi connectivity index (χ0n) is 11.9. The van der Waals surface area contributed by atoms with E-state index in [2.05, 4.69) is 16.0 Å². The summed E-state index contributed by atoms with van der Waals surface area (Å²) in [6, 6.07) is 13.3. The molecule has 0 saturated carbocycles. The van der Waals surface area contributed by atoms with Gasteiger partial charge in [-0.15, -0.1) is 0 Å². The van der Waals surface area contributed by atoms with Crippen LogP contribution in [0.3, 0.4) is 0 Å². The summed E-state index contributed by atoms with van der Waals surface area (Å²) in [6.45, 7) is 1.97. The van der Waals surface area contributed by atoms with Gasteiger partial charge in [-0.05, 0) is 31.2 Å². The Balaban J connectivity index is 1.94. The number of para-hydroxylation sites is 1. The summed E-state index contributed by atoms with van der Waals surface area (Å²) in [5.41, 5.74) is 4.66. The number of carboxylic acids is 1. The molecular weight excluding hydrogens is 278 g/mol. The van der Waals surface area contributed by atoms with Crippen molar-refractivity contribution in [3.63, 3.8) is 0 Å². The van der Waals surface area contributed by atoms with Crippen LogP contribution >= 0.6 is 0 Å². The van der Waals surface area contributed by atoms with Crippen molar-refractivity contribution >= 4 is 22.5 Å². The molecule has 4 rings (SSSR count). The number of H-pyrrole nitrogens is 1. The normalized spacial score (nSPS) is 11.3. The highest BCUT2D eigenvalue weighted by Gasteiger charge is 2.14. The number of hydrogen-bond acceptors (Lipinski definition) is 2. The molecule has 3 heterocycles. The highest BCUT2D eigenvalue weighted by molar-refractivity contribution is 5.89. The summed E-state index contributed by atoms with van der Waals surface area (Å²) in [5, 5.41) is 10.2. The van der Waals surface area contributed by atoms with Gasteiger partial charge in [0.1, 0.15) is 11.3 Å². The Hall–Kier alpha value is -3.08. The number of carbonyl (C=O) groups is 1. The standard InChI is InChI=1S/C17H13N3O2/c1-10-16(14-8-11-4-2-3-5-13(11)18-14)19-15-9-12(17(21)22)6-7-20(10)15/h2-9,18H,1H3,(H,21,22). The summed E-state index contributed by atoms with van der Waals surface area (Å²) in [4.78, 5) is 19.0. The number of carboxylic acid groups (broad SMARTS) is 1. The highest BCUT2D eigenvalue weighted by atomic mass is 16.4. The number of imidazole rings is 1. The second kappa shape index (κ2) is 4.46. The number of hydrogen-bond donors (Lipinski definition) is 2. The quantitative estimate of drug-likeness (QED) is 0.594. The Bertz CT molecular complexity index is 994. The van der Waals surface area contributed by atoms with Crippen LogP contribution in [0.1, 0.15) is 16.1 Å². The molecule has 4 aromatic rings. The molecule has 0 aliphatic rings. The maximum Gasteiger partial charge on any atom is 0.335 e. The lowest BCUT2D eigenvalue weighted by Gasteiger charge is -1.98. The number of fused-ring (bicyclic) bond motifs is 2. The number of benzene rings is 1. The summed E-state index contributed by atoms with van der Waals surface area (Å²) < 4.78 is 1.90. The van der Waals surface area contributed by atoms with Crippen molar-refractivity contribution in [1.82, 2.24) is 14.4 Å². The van der Waals surface area contributed by atoms with Crippen molar-refractivity contribution in [2.24, 2.45) is 0 Å². The zero-order chi connectivity index (χ0) is 15.3. The molecule has 2 N–H and O–H groups in total. The lowest BCUT2D eigenvalue weighted by Crippen LogP contribution is -1.97. The van der Waals surface area contributed by atoms with Crippen LogP contribution in [0.2, 0.25) is 0 Å². The molecule has 0 aliphatic carbocycles. The fraction of sp³-hybridized carbons (Fsp3) is 0.0588. The third-order valence-corrected chi connectivity index (χ3v) is 3.90. The molecule has 5 heteroatoms. The Kier molecular flexibility index (Phi) is 2.56. The average molecular weight is 291 g/mol. The van der Waals surface area contributed by atoms with Crippen LogP contribution in [0.15, 0.2) is 48.7 Å². The van der Waals surface area contributed by atoms with E-state index in [1.165, 1.54) is 0 Å². The Morgan fingerprint density at radius 2 is 2.05 bits per heavy atom. The van der Waals surface area contributed by atoms with Gasteiger partial charge in [0.25, 0.3) is 0 Å². The molecule has 0 atom stereocenters. The van der Waals surface area contributed by atoms with E-state index in [-0.39, 0.29) is 5.56 Å². The van der Waals surface area contributed by atoms with E-state index in [1.807, 2.05) is 35.6 Å². The lowest BCUT2D eigenvalue weighted by molar-refractivity contribution is 0.0697. The maximum absolute atomic E-state index is 11.1. The van der Waals surface area contributed by atoms with E-state index >= 15 is 0 Å². The van der Waals surface area contributed by atoms with Gasteiger partial charge in [-0.2, -0.15) is 0 Å². The number of pyridine rings is 1. The summed E-state index contributed by atoms with van der Waals surface area (Å²) >= 11 is 0. The second-order valence-electron chi connectivity index (χ2n) is 5.26. The van der Waals surface area contributed by atoms with E-state index in [0.717, 1.165) is 28.0 Å². The molecule has 22 heavy (non-hydrogen) atoms. The third-order valence-electron chi connectivity index (χ3n) is 3.90. The van der Waals surface area contributed by atoms with Gasteiger partial charge in [0.2, 0.25) is 0 Å². The summed E-state index contributed by atoms with van der Waals surface area (Å²) in [7, 11) is 0. The van der Waals surface area contributed by atoms with Crippen molar-refractivity contribution in [2.75, 3.05) is 0 Å². The molecule has 1 aromatic carbocycles. The van der Waals surface area contributed by atoms with Gasteiger partial charge in [0.05, 0.1) is 11.3 Å². The van der Waals surface area contributed by atoms with Gasteiger partial charge in [0, 0.05) is 22.8 Å². The number of aromatic nitrogens is 3. The van der Waals surface area contributed by atoms with Crippen LogP contribution in [0.4, 0.5) is 0 Å². The number of aromatic amines is 1. The van der Waals surface area contributed by atoms with E-state index in [9.17, 15) is 4.79 Å². The Labute approximate surface area is 125 Å². The SMILES string of the molecule is Cc1c(-c2cc3ccccc3[nH]2)nc2cc(C(=O)O)ccn12. The highest BCUT2D eigenvalue weighted by Crippen LogP contribution is 2.27. The van der Waals surface area contributed by atoms with Gasteiger partial charge >= 0.3 is 5.97 Å². The van der Waals surface area contributed by atoms with Crippen LogP contribution in [0.5, 0.6) is 0 Å². The summed E-state index contributed by atoms with van der Waals surface area (Å²) in [6.07, 6.45) is 1.74. The van der Waals surface area contributed by atoms with Crippen molar-refractivity contribution < 1.29 is 9.90 Å². The van der Waals surface area contributed by atoms with E-state index < -0.39 is 5.97 Å². The molecule has 0 fully saturated rings. The lowest BCUT2D eigenvalue weighted by atomic mass is 10.2. The van der Waals surface area contributed by atoms with Gasteiger partial charge in [-0.1, -0.05) is 18.2 Å². The molecule has 0 radical (unpaired) electrons. The molecule has 3 aromatic heterocycles. The first-order valence-electron chi connectivity index (χ1n) is 6.93. The second-order valence-corrected chi connectivity index (χ2v) is 5.26. The van der Waals surface area contributed by atoms with Crippen LogP contribution in [-0.2, 0) is 0 Å². The first-order chi connectivity index (χ1) is 10.6. The number of aromatic carboxylic acids is 1. The summed E-state index contributed by atoms with van der Waals surface area (Å²) in [5.74, 6) is -0.949. The van der Waals surface area contributed by atoms with E-state index in [0.29, 0.717) is 5.65 Å². The van der Waals surface area contributed by atoms with Crippen LogP contribution in [0.25, 0.3) is 27.9 Å². The van der Waals surface area contributed by atoms with Gasteiger partial charge < -0.3 is 14.5 Å². The van der Waals surface area contributed by atoms with Gasteiger partial charge in [0.15, 0.2) is 0 Å². The van der Waals surface area contributed by atoms with Crippen molar-refractivity contribution in [1.29, 1.82) is 0 Å². The van der Waals surface area contributed by atoms with Gasteiger partial charge in [-0.3, -0.25) is 0 Å². The minimum atomic E-state index is -0.949. The Morgan fingerprint density at radius 3 is 2.82 bits per heavy atom. The smallest absolute Gasteiger partial charge is 0.335 e. The fourth-order valence-electron chi connectivity index (χ4n) is 2.76. The number of rotatable bonds is 2.